The van der Waals surface area contributed by atoms with Gasteiger partial charge in [0.2, 0.25) is 0 Å². The Bertz CT molecular complexity index is 3110. The van der Waals surface area contributed by atoms with Gasteiger partial charge in [0, 0.05) is 11.6 Å². The summed E-state index contributed by atoms with van der Waals surface area (Å²) in [4.78, 5) is 4.49. The average Bonchev–Trinajstić information content (AvgIpc) is 3.15. The Morgan fingerprint density at radius 1 is 0.271 bits per heavy atom. The molecule has 11 aromatic rings. The van der Waals surface area contributed by atoms with Crippen molar-refractivity contribution in [3.8, 4) is 22.3 Å². The van der Waals surface area contributed by atoms with Crippen molar-refractivity contribution < 1.29 is 0 Å². The Morgan fingerprint density at radius 2 is 0.708 bits per heavy atom. The van der Waals surface area contributed by atoms with Crippen LogP contribution in [0.15, 0.2) is 164 Å². The summed E-state index contributed by atoms with van der Waals surface area (Å²) in [6.45, 7) is 0. The lowest BCUT2D eigenvalue weighted by Crippen LogP contribution is -1.89. The van der Waals surface area contributed by atoms with Gasteiger partial charge in [-0.2, -0.15) is 0 Å². The Kier molecular flexibility index (Phi) is 5.17. The number of benzene rings is 9. The molecule has 0 bridgehead atoms. The highest BCUT2D eigenvalue weighted by Crippen LogP contribution is 2.44. The van der Waals surface area contributed by atoms with E-state index in [2.05, 4.69) is 157 Å². The van der Waals surface area contributed by atoms with Crippen LogP contribution in [-0.2, 0) is 0 Å². The van der Waals surface area contributed by atoms with Crippen LogP contribution in [-0.4, -0.2) is 4.98 Å². The first-order chi connectivity index (χ1) is 23.8. The topological polar surface area (TPSA) is 12.9 Å². The molecule has 1 aromatic heterocycles. The van der Waals surface area contributed by atoms with E-state index >= 15 is 0 Å². The maximum atomic E-state index is 4.49. The van der Waals surface area contributed by atoms with Crippen LogP contribution in [0.3, 0.4) is 0 Å². The second-order valence-electron chi connectivity index (χ2n) is 13.2. The molecule has 0 unspecified atom stereocenters. The first-order valence-corrected chi connectivity index (χ1v) is 16.6. The van der Waals surface area contributed by atoms with Gasteiger partial charge in [0.15, 0.2) is 0 Å². The zero-order valence-electron chi connectivity index (χ0n) is 26.0. The van der Waals surface area contributed by atoms with Gasteiger partial charge >= 0.3 is 0 Å². The SMILES string of the molecule is c1cnc2ccc(-c3ccc4cc(-c5cc6ccc7cccc8c9cccc%10ccc%11cccc(c(c5)c6c78)c%11c%109)ccc4c3)cc2c1. The van der Waals surface area contributed by atoms with Gasteiger partial charge in [-0.25, -0.2) is 0 Å². The molecule has 0 aliphatic heterocycles. The predicted molar refractivity (Wildman–Crippen MR) is 206 cm³/mol. The third-order valence-electron chi connectivity index (χ3n) is 10.5. The summed E-state index contributed by atoms with van der Waals surface area (Å²) in [5, 5.41) is 19.3. The zero-order chi connectivity index (χ0) is 31.3. The van der Waals surface area contributed by atoms with Gasteiger partial charge < -0.3 is 0 Å². The quantitative estimate of drug-likeness (QED) is 0.179. The van der Waals surface area contributed by atoms with Crippen molar-refractivity contribution in [2.24, 2.45) is 0 Å². The van der Waals surface area contributed by atoms with Gasteiger partial charge in [0.1, 0.15) is 0 Å². The number of pyridine rings is 1. The van der Waals surface area contributed by atoms with Crippen molar-refractivity contribution in [1.29, 1.82) is 0 Å². The summed E-state index contributed by atoms with van der Waals surface area (Å²) in [5.74, 6) is 0. The molecular weight excluding hydrogens is 579 g/mol. The van der Waals surface area contributed by atoms with Crippen LogP contribution in [0.25, 0.3) is 109 Å². The largest absolute Gasteiger partial charge is 0.256 e. The van der Waals surface area contributed by atoms with E-state index in [0.29, 0.717) is 0 Å². The minimum atomic E-state index is 1.02. The first kappa shape index (κ1) is 25.8. The van der Waals surface area contributed by atoms with Crippen molar-refractivity contribution in [1.82, 2.24) is 4.98 Å². The fraction of sp³-hybridized carbons (Fsp3) is 0. The zero-order valence-corrected chi connectivity index (χ0v) is 26.0. The molecule has 0 fully saturated rings. The number of nitrogens with zero attached hydrogens (tertiary/aromatic N) is 1. The van der Waals surface area contributed by atoms with Crippen molar-refractivity contribution >= 4 is 86.3 Å². The molecule has 0 aliphatic rings. The third-order valence-corrected chi connectivity index (χ3v) is 10.5. The summed E-state index contributed by atoms with van der Waals surface area (Å²) >= 11 is 0. The molecule has 0 amide bonds. The van der Waals surface area contributed by atoms with Gasteiger partial charge in [0.05, 0.1) is 5.52 Å². The second kappa shape index (κ2) is 9.61. The van der Waals surface area contributed by atoms with Crippen LogP contribution in [0.4, 0.5) is 0 Å². The molecule has 0 spiro atoms. The highest BCUT2D eigenvalue weighted by molar-refractivity contribution is 6.37. The lowest BCUT2D eigenvalue weighted by atomic mass is 9.86. The van der Waals surface area contributed by atoms with Gasteiger partial charge in [-0.3, -0.25) is 4.98 Å². The molecule has 1 nitrogen and oxygen atoms in total. The van der Waals surface area contributed by atoms with Gasteiger partial charge in [-0.05, 0) is 140 Å². The minimum absolute atomic E-state index is 1.02. The minimum Gasteiger partial charge on any atom is -0.256 e. The second-order valence-corrected chi connectivity index (χ2v) is 13.2. The molecule has 220 valence electrons. The van der Waals surface area contributed by atoms with Crippen LogP contribution in [0.2, 0.25) is 0 Å². The molecule has 0 radical (unpaired) electrons. The number of aromatic nitrogens is 1. The van der Waals surface area contributed by atoms with E-state index in [9.17, 15) is 0 Å². The van der Waals surface area contributed by atoms with Crippen LogP contribution in [0, 0.1) is 0 Å². The molecule has 0 atom stereocenters. The molecule has 0 saturated carbocycles. The van der Waals surface area contributed by atoms with Crippen molar-refractivity contribution in [2.75, 3.05) is 0 Å². The van der Waals surface area contributed by atoms with E-state index in [1.807, 2.05) is 12.3 Å². The highest BCUT2D eigenvalue weighted by atomic mass is 14.6. The molecule has 0 saturated heterocycles. The van der Waals surface area contributed by atoms with Crippen LogP contribution in [0.5, 0.6) is 0 Å². The third kappa shape index (κ3) is 3.64. The molecule has 48 heavy (non-hydrogen) atoms. The van der Waals surface area contributed by atoms with E-state index in [4.69, 9.17) is 0 Å². The van der Waals surface area contributed by atoms with E-state index < -0.39 is 0 Å². The smallest absolute Gasteiger partial charge is 0.0702 e. The van der Waals surface area contributed by atoms with Gasteiger partial charge in [0.25, 0.3) is 0 Å². The molecule has 1 heteroatoms. The molecule has 11 rings (SSSR count). The molecule has 0 aliphatic carbocycles. The lowest BCUT2D eigenvalue weighted by molar-refractivity contribution is 1.41. The van der Waals surface area contributed by atoms with Crippen molar-refractivity contribution in [2.45, 2.75) is 0 Å². The van der Waals surface area contributed by atoms with Crippen molar-refractivity contribution in [3.63, 3.8) is 0 Å². The van der Waals surface area contributed by atoms with E-state index in [-0.39, 0.29) is 0 Å². The lowest BCUT2D eigenvalue weighted by Gasteiger charge is -2.17. The Morgan fingerprint density at radius 3 is 1.33 bits per heavy atom. The fourth-order valence-electron chi connectivity index (χ4n) is 8.31. The van der Waals surface area contributed by atoms with E-state index in [1.165, 1.54) is 97.7 Å². The molecule has 1 heterocycles. The maximum absolute atomic E-state index is 4.49. The number of hydrogen-bond acceptors (Lipinski definition) is 1. The molecular formula is C47H27N. The van der Waals surface area contributed by atoms with Crippen LogP contribution < -0.4 is 0 Å². The van der Waals surface area contributed by atoms with Gasteiger partial charge in [-0.1, -0.05) is 115 Å². The predicted octanol–water partition coefficient (Wildman–Crippen LogP) is 13.1. The van der Waals surface area contributed by atoms with Crippen molar-refractivity contribution in [3.05, 3.63) is 164 Å². The Labute approximate surface area is 276 Å². The summed E-state index contributed by atoms with van der Waals surface area (Å²) in [7, 11) is 0. The Balaban J connectivity index is 1.18. The summed E-state index contributed by atoms with van der Waals surface area (Å²) in [6, 6.07) is 58.8. The average molecular weight is 606 g/mol. The van der Waals surface area contributed by atoms with E-state index in [1.54, 1.807) is 0 Å². The number of rotatable bonds is 2. The number of hydrogen-bond donors (Lipinski definition) is 0. The monoisotopic (exact) mass is 605 g/mol. The maximum Gasteiger partial charge on any atom is 0.0702 e. The van der Waals surface area contributed by atoms with Crippen LogP contribution in [0.1, 0.15) is 0 Å². The standard InChI is InChI=1S/C47H27N/c1-5-28-12-13-29-7-3-11-41-42-27-38(26-37-19-14-30-6-2-10-40(45(30)47(37)42)39(9-1)44(28)46(29)41)35-18-17-31-23-32(15-16-33(31)24-35)34-20-21-43-36(25-34)8-4-22-48-43/h1-27H. The van der Waals surface area contributed by atoms with Crippen LogP contribution >= 0.6 is 0 Å². The molecule has 10 aromatic carbocycles. The number of fused-ring (bicyclic) bond motifs is 4. The summed E-state index contributed by atoms with van der Waals surface area (Å²) in [6.07, 6.45) is 1.85. The Hall–Kier alpha value is -6.31. The molecule has 0 N–H and O–H groups in total. The van der Waals surface area contributed by atoms with Gasteiger partial charge in [-0.15, -0.1) is 0 Å². The normalized spacial score (nSPS) is 12.2. The summed E-state index contributed by atoms with van der Waals surface area (Å²) < 4.78 is 0. The summed E-state index contributed by atoms with van der Waals surface area (Å²) in [5.41, 5.74) is 5.91. The highest BCUT2D eigenvalue weighted by Gasteiger charge is 2.16. The van der Waals surface area contributed by atoms with E-state index in [0.717, 1.165) is 10.9 Å². The fourth-order valence-corrected chi connectivity index (χ4v) is 8.31. The first-order valence-electron chi connectivity index (χ1n) is 16.6.